The highest BCUT2D eigenvalue weighted by atomic mass is 35.5. The number of carbonyl (C=O) groups excluding carboxylic acids is 1. The Morgan fingerprint density at radius 2 is 1.69 bits per heavy atom. The molecule has 1 heterocycles. The Morgan fingerprint density at radius 3 is 2.47 bits per heavy atom. The third-order valence-corrected chi connectivity index (χ3v) is 5.92. The van der Waals surface area contributed by atoms with E-state index in [4.69, 9.17) is 11.6 Å². The Hall–Kier alpha value is -3.16. The van der Waals surface area contributed by atoms with E-state index in [1.807, 2.05) is 54.6 Å². The summed E-state index contributed by atoms with van der Waals surface area (Å²) in [6, 6.07) is 23.6. The molecule has 0 fully saturated rings. The predicted molar refractivity (Wildman–Crippen MR) is 124 cm³/mol. The van der Waals surface area contributed by atoms with Crippen molar-refractivity contribution >= 4 is 35.0 Å². The minimum Gasteiger partial charge on any atom is -0.325 e. The molecule has 0 aliphatic carbocycles. The van der Waals surface area contributed by atoms with Gasteiger partial charge in [0.05, 0.1) is 12.2 Å². The lowest BCUT2D eigenvalue weighted by Crippen LogP contribution is -2.13. The smallest absolute Gasteiger partial charge is 0.243 e. The second-order valence-corrected chi connectivity index (χ2v) is 8.43. The van der Waals surface area contributed by atoms with Crippen molar-refractivity contribution in [3.05, 3.63) is 101 Å². The molecule has 5 nitrogen and oxygen atoms in total. The van der Waals surface area contributed by atoms with Crippen LogP contribution in [-0.4, -0.2) is 20.7 Å². The molecule has 0 aliphatic rings. The van der Waals surface area contributed by atoms with Gasteiger partial charge in [-0.25, -0.2) is 9.07 Å². The summed E-state index contributed by atoms with van der Waals surface area (Å²) in [6.07, 6.45) is 1.05. The summed E-state index contributed by atoms with van der Waals surface area (Å²) in [6.45, 7) is 0.397. The zero-order valence-corrected chi connectivity index (χ0v) is 18.6. The summed E-state index contributed by atoms with van der Waals surface area (Å²) in [7, 11) is 0. The van der Waals surface area contributed by atoms with Crippen LogP contribution in [0.4, 0.5) is 10.1 Å². The van der Waals surface area contributed by atoms with Crippen LogP contribution in [0.3, 0.4) is 0 Å². The Morgan fingerprint density at radius 1 is 0.969 bits per heavy atom. The van der Waals surface area contributed by atoms with Crippen LogP contribution in [-0.2, 0) is 17.8 Å². The Kier molecular flexibility index (Phi) is 7.19. The lowest BCUT2D eigenvalue weighted by atomic mass is 10.1. The minimum absolute atomic E-state index is 0.0623. The van der Waals surface area contributed by atoms with Gasteiger partial charge in [-0.3, -0.25) is 4.79 Å². The molecule has 32 heavy (non-hydrogen) atoms. The summed E-state index contributed by atoms with van der Waals surface area (Å²) >= 11 is 7.42. The molecule has 4 aromatic rings. The number of aryl methyl sites for hydroxylation is 1. The van der Waals surface area contributed by atoms with E-state index in [0.717, 1.165) is 16.0 Å². The van der Waals surface area contributed by atoms with Crippen LogP contribution in [0.5, 0.6) is 0 Å². The van der Waals surface area contributed by atoms with E-state index in [1.54, 1.807) is 16.8 Å². The fourth-order valence-corrected chi connectivity index (χ4v) is 4.25. The maximum atomic E-state index is 13.2. The van der Waals surface area contributed by atoms with E-state index < -0.39 is 0 Å². The number of nitrogens with zero attached hydrogens (tertiary/aromatic N) is 3. The van der Waals surface area contributed by atoms with Crippen molar-refractivity contribution in [2.24, 2.45) is 0 Å². The molecule has 8 heteroatoms. The van der Waals surface area contributed by atoms with Crippen LogP contribution >= 0.6 is 23.4 Å². The molecule has 0 aliphatic heterocycles. The molecule has 0 atom stereocenters. The first-order valence-corrected chi connectivity index (χ1v) is 11.2. The van der Waals surface area contributed by atoms with Crippen LogP contribution in [0.15, 0.2) is 88.9 Å². The number of benzene rings is 3. The van der Waals surface area contributed by atoms with Crippen molar-refractivity contribution in [3.63, 3.8) is 0 Å². The molecule has 0 saturated heterocycles. The fourth-order valence-electron chi connectivity index (χ4n) is 3.12. The van der Waals surface area contributed by atoms with E-state index in [0.29, 0.717) is 30.2 Å². The van der Waals surface area contributed by atoms with Crippen LogP contribution in [0.2, 0.25) is 5.28 Å². The van der Waals surface area contributed by atoms with Crippen LogP contribution < -0.4 is 5.32 Å². The summed E-state index contributed by atoms with van der Waals surface area (Å²) in [5, 5.41) is 7.94. The third kappa shape index (κ3) is 5.96. The van der Waals surface area contributed by atoms with Crippen LogP contribution in [0, 0.1) is 5.82 Å². The Bertz CT molecular complexity index is 1200. The number of rotatable bonds is 8. The highest BCUT2D eigenvalue weighted by Crippen LogP contribution is 2.33. The predicted octanol–water partition coefficient (Wildman–Crippen LogP) is 5.84. The number of anilines is 1. The summed E-state index contributed by atoms with van der Waals surface area (Å²) in [4.78, 5) is 17.7. The van der Waals surface area contributed by atoms with E-state index in [-0.39, 0.29) is 17.0 Å². The maximum Gasteiger partial charge on any atom is 0.243 e. The number of para-hydroxylation sites is 1. The van der Waals surface area contributed by atoms with E-state index in [2.05, 4.69) is 15.4 Å². The summed E-state index contributed by atoms with van der Waals surface area (Å²) < 4.78 is 14.9. The molecular weight excluding hydrogens is 447 g/mol. The van der Waals surface area contributed by atoms with Crippen molar-refractivity contribution in [1.82, 2.24) is 14.8 Å². The van der Waals surface area contributed by atoms with Crippen LogP contribution in [0.1, 0.15) is 17.5 Å². The maximum absolute atomic E-state index is 13.2. The molecule has 1 amide bonds. The van der Waals surface area contributed by atoms with Crippen molar-refractivity contribution in [2.75, 3.05) is 5.32 Å². The molecule has 1 N–H and O–H groups in total. The van der Waals surface area contributed by atoms with Gasteiger partial charge >= 0.3 is 0 Å². The van der Waals surface area contributed by atoms with E-state index in [9.17, 15) is 9.18 Å². The molecule has 162 valence electrons. The minimum atomic E-state index is -0.295. The molecule has 0 bridgehead atoms. The first kappa shape index (κ1) is 22.0. The average molecular weight is 467 g/mol. The highest BCUT2D eigenvalue weighted by Gasteiger charge is 2.14. The van der Waals surface area contributed by atoms with Gasteiger partial charge < -0.3 is 5.32 Å². The van der Waals surface area contributed by atoms with Gasteiger partial charge in [-0.05, 0) is 65.2 Å². The van der Waals surface area contributed by atoms with Gasteiger partial charge in [0.15, 0.2) is 5.16 Å². The highest BCUT2D eigenvalue weighted by molar-refractivity contribution is 7.99. The van der Waals surface area contributed by atoms with Gasteiger partial charge in [0, 0.05) is 11.3 Å². The second-order valence-electron chi connectivity index (χ2n) is 7.08. The van der Waals surface area contributed by atoms with Gasteiger partial charge in [-0.2, -0.15) is 4.98 Å². The zero-order chi connectivity index (χ0) is 22.3. The topological polar surface area (TPSA) is 59.8 Å². The first-order valence-electron chi connectivity index (χ1n) is 10.0. The fraction of sp³-hybridized carbons (Fsp3) is 0.125. The number of hydrogen-bond donors (Lipinski definition) is 1. The van der Waals surface area contributed by atoms with E-state index in [1.165, 1.54) is 23.9 Å². The SMILES string of the molecule is O=C(CCc1ccccc1)Nc1ccccc1Sc1nc(Cl)nn1Cc1ccc(F)cc1. The van der Waals surface area contributed by atoms with Gasteiger partial charge in [0.25, 0.3) is 0 Å². The largest absolute Gasteiger partial charge is 0.325 e. The number of nitrogens with one attached hydrogen (secondary N) is 1. The number of amides is 1. The molecular formula is C24H20ClFN4OS. The molecule has 1 aromatic heterocycles. The van der Waals surface area contributed by atoms with E-state index >= 15 is 0 Å². The standard InChI is InChI=1S/C24H20ClFN4OS/c25-23-28-24(30(29-23)16-18-10-13-19(26)14-11-18)32-21-9-5-4-8-20(21)27-22(31)15-12-17-6-2-1-3-7-17/h1-11,13-14H,12,15-16H2,(H,27,31). The second kappa shape index (κ2) is 10.4. The third-order valence-electron chi connectivity index (χ3n) is 4.70. The van der Waals surface area contributed by atoms with Gasteiger partial charge in [-0.1, -0.05) is 54.6 Å². The lowest BCUT2D eigenvalue weighted by molar-refractivity contribution is -0.116. The van der Waals surface area contributed by atoms with Crippen molar-refractivity contribution in [2.45, 2.75) is 29.4 Å². The van der Waals surface area contributed by atoms with Crippen molar-refractivity contribution in [3.8, 4) is 0 Å². The van der Waals surface area contributed by atoms with Gasteiger partial charge in [0.1, 0.15) is 5.82 Å². The van der Waals surface area contributed by atoms with Crippen LogP contribution in [0.25, 0.3) is 0 Å². The number of aromatic nitrogens is 3. The zero-order valence-electron chi connectivity index (χ0n) is 17.0. The normalized spacial score (nSPS) is 10.8. The number of hydrogen-bond acceptors (Lipinski definition) is 4. The quantitative estimate of drug-likeness (QED) is 0.354. The average Bonchev–Trinajstić information content (AvgIpc) is 3.14. The first-order chi connectivity index (χ1) is 15.6. The number of carbonyl (C=O) groups is 1. The molecule has 0 spiro atoms. The summed E-state index contributed by atoms with van der Waals surface area (Å²) in [5.41, 5.74) is 2.69. The molecule has 0 radical (unpaired) electrons. The van der Waals surface area contributed by atoms with Crippen molar-refractivity contribution < 1.29 is 9.18 Å². The summed E-state index contributed by atoms with van der Waals surface area (Å²) in [5.74, 6) is -0.357. The monoisotopic (exact) mass is 466 g/mol. The lowest BCUT2D eigenvalue weighted by Gasteiger charge is -2.11. The number of halogens is 2. The Labute approximate surface area is 194 Å². The van der Waals surface area contributed by atoms with Gasteiger partial charge in [-0.15, -0.1) is 5.10 Å². The molecule has 0 unspecified atom stereocenters. The molecule has 0 saturated carbocycles. The molecule has 4 rings (SSSR count). The Balaban J connectivity index is 1.46. The van der Waals surface area contributed by atoms with Gasteiger partial charge in [0.2, 0.25) is 11.2 Å². The van der Waals surface area contributed by atoms with Crippen molar-refractivity contribution in [1.29, 1.82) is 0 Å². The molecule has 3 aromatic carbocycles.